The summed E-state index contributed by atoms with van der Waals surface area (Å²) in [5.74, 6) is 0. The maximum Gasteiger partial charge on any atom is 0.0608 e. The second-order valence-electron chi connectivity index (χ2n) is 3.66. The SMILES string of the molecule is [CH](CC1CCCO1)C1CCCO1. The summed E-state index contributed by atoms with van der Waals surface area (Å²) in [6.45, 7) is 1.91. The van der Waals surface area contributed by atoms with Crippen LogP contribution in [0.2, 0.25) is 0 Å². The smallest absolute Gasteiger partial charge is 0.0608 e. The summed E-state index contributed by atoms with van der Waals surface area (Å²) in [6, 6.07) is 0. The minimum atomic E-state index is 0.425. The zero-order valence-corrected chi connectivity index (χ0v) is 7.50. The molecule has 69 valence electrons. The van der Waals surface area contributed by atoms with Crippen LogP contribution in [0.3, 0.4) is 0 Å². The first kappa shape index (κ1) is 8.52. The summed E-state index contributed by atoms with van der Waals surface area (Å²) in [4.78, 5) is 0. The maximum absolute atomic E-state index is 5.53. The lowest BCUT2D eigenvalue weighted by atomic mass is 10.1. The molecule has 2 saturated heterocycles. The Hall–Kier alpha value is -0.0800. The van der Waals surface area contributed by atoms with E-state index in [0.29, 0.717) is 12.2 Å². The van der Waals surface area contributed by atoms with Gasteiger partial charge in [-0.2, -0.15) is 0 Å². The lowest BCUT2D eigenvalue weighted by Gasteiger charge is -2.12. The van der Waals surface area contributed by atoms with Gasteiger partial charge < -0.3 is 9.47 Å². The van der Waals surface area contributed by atoms with Crippen LogP contribution in [-0.4, -0.2) is 25.4 Å². The number of hydrogen-bond acceptors (Lipinski definition) is 2. The van der Waals surface area contributed by atoms with Crippen molar-refractivity contribution >= 4 is 0 Å². The van der Waals surface area contributed by atoms with Crippen molar-refractivity contribution in [2.75, 3.05) is 13.2 Å². The van der Waals surface area contributed by atoms with E-state index in [1.54, 1.807) is 0 Å². The fourth-order valence-corrected chi connectivity index (χ4v) is 1.92. The molecule has 0 aliphatic carbocycles. The Morgan fingerprint density at radius 3 is 2.58 bits per heavy atom. The second kappa shape index (κ2) is 4.24. The van der Waals surface area contributed by atoms with E-state index >= 15 is 0 Å². The predicted molar refractivity (Wildman–Crippen MR) is 46.9 cm³/mol. The highest BCUT2D eigenvalue weighted by molar-refractivity contribution is 4.84. The zero-order chi connectivity index (χ0) is 8.23. The van der Waals surface area contributed by atoms with Gasteiger partial charge in [-0.25, -0.2) is 0 Å². The van der Waals surface area contributed by atoms with E-state index in [9.17, 15) is 0 Å². The molecule has 2 unspecified atom stereocenters. The normalized spacial score (nSPS) is 36.0. The van der Waals surface area contributed by atoms with Crippen molar-refractivity contribution in [2.24, 2.45) is 0 Å². The molecular weight excluding hydrogens is 152 g/mol. The zero-order valence-electron chi connectivity index (χ0n) is 7.50. The first-order chi connectivity index (χ1) is 5.95. The van der Waals surface area contributed by atoms with Crippen LogP contribution < -0.4 is 0 Å². The molecule has 2 heteroatoms. The van der Waals surface area contributed by atoms with Crippen LogP contribution in [0.15, 0.2) is 0 Å². The minimum Gasteiger partial charge on any atom is -0.378 e. The molecular formula is C10H17O2. The van der Waals surface area contributed by atoms with E-state index in [4.69, 9.17) is 9.47 Å². The molecule has 0 aromatic rings. The van der Waals surface area contributed by atoms with Crippen LogP contribution >= 0.6 is 0 Å². The molecule has 0 bridgehead atoms. The second-order valence-corrected chi connectivity index (χ2v) is 3.66. The van der Waals surface area contributed by atoms with Crippen molar-refractivity contribution < 1.29 is 9.47 Å². The molecule has 2 nitrogen and oxygen atoms in total. The van der Waals surface area contributed by atoms with Crippen LogP contribution in [0.5, 0.6) is 0 Å². The van der Waals surface area contributed by atoms with Gasteiger partial charge in [0.2, 0.25) is 0 Å². The molecule has 1 radical (unpaired) electrons. The van der Waals surface area contributed by atoms with Crippen LogP contribution in [0.1, 0.15) is 32.1 Å². The predicted octanol–water partition coefficient (Wildman–Crippen LogP) is 1.94. The van der Waals surface area contributed by atoms with Crippen LogP contribution in [0, 0.1) is 6.42 Å². The average Bonchev–Trinajstić information content (AvgIpc) is 2.74. The van der Waals surface area contributed by atoms with Gasteiger partial charge in [0.15, 0.2) is 0 Å². The van der Waals surface area contributed by atoms with E-state index in [0.717, 1.165) is 19.6 Å². The summed E-state index contributed by atoms with van der Waals surface area (Å²) in [6.07, 6.45) is 9.23. The van der Waals surface area contributed by atoms with Crippen molar-refractivity contribution in [1.29, 1.82) is 0 Å². The van der Waals surface area contributed by atoms with Crippen LogP contribution in [-0.2, 0) is 9.47 Å². The Bertz CT molecular complexity index is 108. The molecule has 12 heavy (non-hydrogen) atoms. The first-order valence-electron chi connectivity index (χ1n) is 5.02. The van der Waals surface area contributed by atoms with Crippen LogP contribution in [0.4, 0.5) is 0 Å². The van der Waals surface area contributed by atoms with E-state index in [1.165, 1.54) is 25.7 Å². The highest BCUT2D eigenvalue weighted by Gasteiger charge is 2.20. The molecule has 2 aliphatic rings. The lowest BCUT2D eigenvalue weighted by Crippen LogP contribution is -2.12. The van der Waals surface area contributed by atoms with Gasteiger partial charge in [-0.3, -0.25) is 0 Å². The third kappa shape index (κ3) is 2.20. The van der Waals surface area contributed by atoms with Gasteiger partial charge >= 0.3 is 0 Å². The van der Waals surface area contributed by atoms with Gasteiger partial charge in [0, 0.05) is 13.2 Å². The average molecular weight is 169 g/mol. The topological polar surface area (TPSA) is 18.5 Å². The van der Waals surface area contributed by atoms with Crippen LogP contribution in [0.25, 0.3) is 0 Å². The fourth-order valence-electron chi connectivity index (χ4n) is 1.92. The third-order valence-electron chi connectivity index (χ3n) is 2.65. The Balaban J connectivity index is 1.60. The Morgan fingerprint density at radius 1 is 1.08 bits per heavy atom. The summed E-state index contributed by atoms with van der Waals surface area (Å²) >= 11 is 0. The molecule has 0 N–H and O–H groups in total. The molecule has 2 fully saturated rings. The summed E-state index contributed by atoms with van der Waals surface area (Å²) < 4.78 is 11.0. The summed E-state index contributed by atoms with van der Waals surface area (Å²) in [5.41, 5.74) is 0. The molecule has 0 saturated carbocycles. The highest BCUT2D eigenvalue weighted by Crippen LogP contribution is 2.21. The van der Waals surface area contributed by atoms with Crippen molar-refractivity contribution in [3.8, 4) is 0 Å². The van der Waals surface area contributed by atoms with Gasteiger partial charge in [0.05, 0.1) is 12.2 Å². The lowest BCUT2D eigenvalue weighted by molar-refractivity contribution is 0.0914. The first-order valence-corrected chi connectivity index (χ1v) is 5.02. The Morgan fingerprint density at radius 2 is 1.92 bits per heavy atom. The van der Waals surface area contributed by atoms with Gasteiger partial charge in [-0.05, 0) is 38.5 Å². The van der Waals surface area contributed by atoms with Gasteiger partial charge in [-0.15, -0.1) is 0 Å². The van der Waals surface area contributed by atoms with Crippen molar-refractivity contribution in [3.05, 3.63) is 6.42 Å². The highest BCUT2D eigenvalue weighted by atomic mass is 16.5. The molecule has 0 aromatic carbocycles. The van der Waals surface area contributed by atoms with Gasteiger partial charge in [0.1, 0.15) is 0 Å². The Labute approximate surface area is 74.2 Å². The molecule has 0 aromatic heterocycles. The van der Waals surface area contributed by atoms with E-state index in [2.05, 4.69) is 6.42 Å². The summed E-state index contributed by atoms with van der Waals surface area (Å²) in [5, 5.41) is 0. The van der Waals surface area contributed by atoms with Gasteiger partial charge in [0.25, 0.3) is 0 Å². The molecule has 2 atom stereocenters. The molecule has 2 rings (SSSR count). The van der Waals surface area contributed by atoms with Crippen molar-refractivity contribution in [2.45, 2.75) is 44.3 Å². The molecule has 2 aliphatic heterocycles. The van der Waals surface area contributed by atoms with Crippen molar-refractivity contribution in [3.63, 3.8) is 0 Å². The minimum absolute atomic E-state index is 0.425. The summed E-state index contributed by atoms with van der Waals surface area (Å²) in [7, 11) is 0. The van der Waals surface area contributed by atoms with E-state index in [-0.39, 0.29) is 0 Å². The standard InChI is InChI=1S/C10H17O2/c1-3-9(11-7-1)5-6-10-4-2-8-12-10/h5,9-10H,1-4,6-8H2. The number of ether oxygens (including phenoxy) is 2. The molecule has 0 amide bonds. The largest absolute Gasteiger partial charge is 0.378 e. The monoisotopic (exact) mass is 169 g/mol. The van der Waals surface area contributed by atoms with E-state index < -0.39 is 0 Å². The van der Waals surface area contributed by atoms with Crippen molar-refractivity contribution in [1.82, 2.24) is 0 Å². The van der Waals surface area contributed by atoms with Gasteiger partial charge in [-0.1, -0.05) is 0 Å². The molecule has 0 spiro atoms. The quantitative estimate of drug-likeness (QED) is 0.642. The number of hydrogen-bond donors (Lipinski definition) is 0. The molecule has 2 heterocycles. The Kier molecular flexibility index (Phi) is 3.01. The fraction of sp³-hybridized carbons (Fsp3) is 0.900. The maximum atomic E-state index is 5.53. The van der Waals surface area contributed by atoms with E-state index in [1.807, 2.05) is 0 Å². The third-order valence-corrected chi connectivity index (χ3v) is 2.65. The number of rotatable bonds is 3.